The van der Waals surface area contributed by atoms with Crippen molar-refractivity contribution in [1.82, 2.24) is 0 Å². The van der Waals surface area contributed by atoms with Crippen LogP contribution in [0.3, 0.4) is 0 Å². The number of hydrogen-bond donors (Lipinski definition) is 0. The Hall–Kier alpha value is -1.31. The summed E-state index contributed by atoms with van der Waals surface area (Å²) in [7, 11) is 0. The maximum Gasteiger partial charge on any atom is 0.166 e. The van der Waals surface area contributed by atoms with Gasteiger partial charge in [-0.05, 0) is 37.3 Å². The number of carbonyl (C=O) groups excluding carboxylic acids is 1. The van der Waals surface area contributed by atoms with Gasteiger partial charge in [-0.2, -0.15) is 0 Å². The Labute approximate surface area is 96.6 Å². The third kappa shape index (κ3) is 2.26. The van der Waals surface area contributed by atoms with Crippen molar-refractivity contribution in [3.63, 3.8) is 0 Å². The highest BCUT2D eigenvalue weighted by atomic mass is 16.5. The molecule has 0 fully saturated rings. The van der Waals surface area contributed by atoms with Gasteiger partial charge in [-0.15, -0.1) is 0 Å². The Morgan fingerprint density at radius 2 is 2.06 bits per heavy atom. The SMILES string of the molecule is CCCOc1cccc2c1C(=O)CCCC2. The molecule has 1 aliphatic carbocycles. The quantitative estimate of drug-likeness (QED) is 0.727. The monoisotopic (exact) mass is 218 g/mol. The van der Waals surface area contributed by atoms with Crippen LogP contribution in [0.5, 0.6) is 5.75 Å². The smallest absolute Gasteiger partial charge is 0.166 e. The van der Waals surface area contributed by atoms with Crippen molar-refractivity contribution in [2.45, 2.75) is 39.0 Å². The molecule has 0 amide bonds. The van der Waals surface area contributed by atoms with E-state index in [2.05, 4.69) is 13.0 Å². The predicted molar refractivity (Wildman–Crippen MR) is 64.1 cm³/mol. The first kappa shape index (κ1) is 11.2. The second-order valence-corrected chi connectivity index (χ2v) is 4.27. The maximum absolute atomic E-state index is 12.0. The molecule has 2 nitrogen and oxygen atoms in total. The standard InChI is InChI=1S/C14H18O2/c1-2-10-16-13-9-5-7-11-6-3-4-8-12(15)14(11)13/h5,7,9H,2-4,6,8,10H2,1H3. The number of ketones is 1. The molecule has 2 heteroatoms. The van der Waals surface area contributed by atoms with Crippen LogP contribution in [0.15, 0.2) is 18.2 Å². The zero-order valence-corrected chi connectivity index (χ0v) is 9.79. The fourth-order valence-corrected chi connectivity index (χ4v) is 2.16. The van der Waals surface area contributed by atoms with Crippen LogP contribution in [-0.4, -0.2) is 12.4 Å². The van der Waals surface area contributed by atoms with Gasteiger partial charge in [0.05, 0.1) is 12.2 Å². The minimum atomic E-state index is 0.249. The van der Waals surface area contributed by atoms with Crippen LogP contribution in [0.2, 0.25) is 0 Å². The van der Waals surface area contributed by atoms with Gasteiger partial charge in [0.2, 0.25) is 0 Å². The van der Waals surface area contributed by atoms with Gasteiger partial charge in [0.1, 0.15) is 5.75 Å². The highest BCUT2D eigenvalue weighted by molar-refractivity contribution is 6.00. The van der Waals surface area contributed by atoms with Crippen molar-refractivity contribution in [1.29, 1.82) is 0 Å². The Bertz CT molecular complexity index is 382. The molecule has 86 valence electrons. The Kier molecular flexibility index (Phi) is 3.60. The number of ether oxygens (including phenoxy) is 1. The Balaban J connectivity index is 2.35. The molecule has 0 heterocycles. The summed E-state index contributed by atoms with van der Waals surface area (Å²) in [5.41, 5.74) is 2.00. The van der Waals surface area contributed by atoms with Gasteiger partial charge in [-0.25, -0.2) is 0 Å². The van der Waals surface area contributed by atoms with E-state index < -0.39 is 0 Å². The van der Waals surface area contributed by atoms with E-state index in [0.717, 1.165) is 42.6 Å². The van der Waals surface area contributed by atoms with Crippen molar-refractivity contribution in [2.75, 3.05) is 6.61 Å². The second-order valence-electron chi connectivity index (χ2n) is 4.27. The lowest BCUT2D eigenvalue weighted by atomic mass is 10.0. The molecule has 16 heavy (non-hydrogen) atoms. The normalized spacial score (nSPS) is 15.4. The maximum atomic E-state index is 12.0. The number of fused-ring (bicyclic) bond motifs is 1. The minimum absolute atomic E-state index is 0.249. The summed E-state index contributed by atoms with van der Waals surface area (Å²) in [6.07, 6.45) is 4.75. The summed E-state index contributed by atoms with van der Waals surface area (Å²) in [6.45, 7) is 2.76. The van der Waals surface area contributed by atoms with Gasteiger partial charge >= 0.3 is 0 Å². The van der Waals surface area contributed by atoms with Crippen LogP contribution < -0.4 is 4.74 Å². The molecule has 0 N–H and O–H groups in total. The van der Waals surface area contributed by atoms with E-state index in [1.807, 2.05) is 12.1 Å². The zero-order chi connectivity index (χ0) is 11.4. The third-order valence-corrected chi connectivity index (χ3v) is 2.95. The number of hydrogen-bond acceptors (Lipinski definition) is 2. The molecule has 0 radical (unpaired) electrons. The summed E-state index contributed by atoms with van der Waals surface area (Å²) in [6, 6.07) is 5.96. The van der Waals surface area contributed by atoms with Crippen molar-refractivity contribution in [3.05, 3.63) is 29.3 Å². The second kappa shape index (κ2) is 5.15. The van der Waals surface area contributed by atoms with E-state index in [4.69, 9.17) is 4.74 Å². The fraction of sp³-hybridized carbons (Fsp3) is 0.500. The van der Waals surface area contributed by atoms with Gasteiger partial charge in [0.25, 0.3) is 0 Å². The first-order chi connectivity index (χ1) is 7.83. The molecule has 0 aromatic heterocycles. The number of aryl methyl sites for hydroxylation is 1. The Morgan fingerprint density at radius 3 is 2.88 bits per heavy atom. The van der Waals surface area contributed by atoms with Gasteiger partial charge < -0.3 is 4.74 Å². The molecule has 0 unspecified atom stereocenters. The fourth-order valence-electron chi connectivity index (χ4n) is 2.16. The molecule has 0 bridgehead atoms. The van der Waals surface area contributed by atoms with Gasteiger partial charge in [-0.1, -0.05) is 19.1 Å². The lowest BCUT2D eigenvalue weighted by Crippen LogP contribution is -2.06. The molecule has 0 spiro atoms. The number of benzene rings is 1. The van der Waals surface area contributed by atoms with Gasteiger partial charge in [0, 0.05) is 6.42 Å². The Morgan fingerprint density at radius 1 is 1.25 bits per heavy atom. The molecular weight excluding hydrogens is 200 g/mol. The van der Waals surface area contributed by atoms with Crippen molar-refractivity contribution in [3.8, 4) is 5.75 Å². The van der Waals surface area contributed by atoms with Crippen LogP contribution in [-0.2, 0) is 6.42 Å². The first-order valence-corrected chi connectivity index (χ1v) is 6.11. The summed E-state index contributed by atoms with van der Waals surface area (Å²) in [5.74, 6) is 1.03. The predicted octanol–water partition coefficient (Wildman–Crippen LogP) is 3.38. The zero-order valence-electron chi connectivity index (χ0n) is 9.79. The van der Waals surface area contributed by atoms with Crippen LogP contribution in [0.25, 0.3) is 0 Å². The largest absolute Gasteiger partial charge is 0.493 e. The number of Topliss-reactive ketones (excluding diaryl/α,β-unsaturated/α-hetero) is 1. The molecule has 1 aromatic rings. The van der Waals surface area contributed by atoms with E-state index >= 15 is 0 Å². The van der Waals surface area contributed by atoms with Crippen LogP contribution in [0.4, 0.5) is 0 Å². The van der Waals surface area contributed by atoms with E-state index in [1.165, 1.54) is 0 Å². The average molecular weight is 218 g/mol. The molecule has 1 aromatic carbocycles. The summed E-state index contributed by atoms with van der Waals surface area (Å²) >= 11 is 0. The molecular formula is C14H18O2. The van der Waals surface area contributed by atoms with Crippen LogP contribution in [0.1, 0.15) is 48.5 Å². The van der Waals surface area contributed by atoms with E-state index in [-0.39, 0.29) is 5.78 Å². The minimum Gasteiger partial charge on any atom is -0.493 e. The van der Waals surface area contributed by atoms with Crippen LogP contribution >= 0.6 is 0 Å². The average Bonchev–Trinajstić information content (AvgIpc) is 2.49. The highest BCUT2D eigenvalue weighted by Gasteiger charge is 2.19. The number of rotatable bonds is 3. The highest BCUT2D eigenvalue weighted by Crippen LogP contribution is 2.28. The summed E-state index contributed by atoms with van der Waals surface area (Å²) in [5, 5.41) is 0. The third-order valence-electron chi connectivity index (χ3n) is 2.95. The van der Waals surface area contributed by atoms with Crippen molar-refractivity contribution in [2.24, 2.45) is 0 Å². The van der Waals surface area contributed by atoms with Gasteiger partial charge in [0.15, 0.2) is 5.78 Å². The van der Waals surface area contributed by atoms with E-state index in [9.17, 15) is 4.79 Å². The molecule has 0 aliphatic heterocycles. The topological polar surface area (TPSA) is 26.3 Å². The van der Waals surface area contributed by atoms with Gasteiger partial charge in [-0.3, -0.25) is 4.79 Å². The van der Waals surface area contributed by atoms with Crippen molar-refractivity contribution < 1.29 is 9.53 Å². The van der Waals surface area contributed by atoms with Crippen LogP contribution in [0, 0.1) is 0 Å². The van der Waals surface area contributed by atoms with E-state index in [0.29, 0.717) is 13.0 Å². The first-order valence-electron chi connectivity index (χ1n) is 6.11. The summed E-state index contributed by atoms with van der Waals surface area (Å²) in [4.78, 5) is 12.0. The lowest BCUT2D eigenvalue weighted by Gasteiger charge is -2.12. The molecule has 0 atom stereocenters. The summed E-state index contributed by atoms with van der Waals surface area (Å²) < 4.78 is 5.66. The van der Waals surface area contributed by atoms with E-state index in [1.54, 1.807) is 0 Å². The van der Waals surface area contributed by atoms with Crippen molar-refractivity contribution >= 4 is 5.78 Å². The molecule has 2 rings (SSSR count). The number of carbonyl (C=O) groups is 1. The molecule has 1 aliphatic rings. The lowest BCUT2D eigenvalue weighted by molar-refractivity contribution is 0.0978. The molecule has 0 saturated carbocycles. The molecule has 0 saturated heterocycles.